The Labute approximate surface area is 82.1 Å². The Hall–Kier alpha value is -1.79. The van der Waals surface area contributed by atoms with E-state index in [4.69, 9.17) is 5.73 Å². The minimum absolute atomic E-state index is 0.420. The maximum Gasteiger partial charge on any atom is 0.416 e. The third kappa shape index (κ3) is 2.83. The van der Waals surface area contributed by atoms with Gasteiger partial charge < -0.3 is 10.3 Å². The van der Waals surface area contributed by atoms with Crippen molar-refractivity contribution in [2.24, 2.45) is 5.73 Å². The fourth-order valence-electron chi connectivity index (χ4n) is 0.983. The fraction of sp³-hybridized carbons (Fsp3) is 0.250. The zero-order chi connectivity index (χ0) is 11.6. The monoisotopic (exact) mass is 220 g/mol. The second-order valence-electron chi connectivity index (χ2n) is 2.85. The molecule has 0 saturated heterocycles. The third-order valence-corrected chi connectivity index (χ3v) is 1.65. The van der Waals surface area contributed by atoms with Gasteiger partial charge in [0.1, 0.15) is 6.54 Å². The summed E-state index contributed by atoms with van der Waals surface area (Å²) < 4.78 is 37.2. The topological polar surface area (TPSA) is 65.1 Å². The maximum atomic E-state index is 12.1. The minimum Gasteiger partial charge on any atom is -0.368 e. The molecule has 1 amide bonds. The summed E-state index contributed by atoms with van der Waals surface area (Å²) in [5.41, 5.74) is 2.84. The molecule has 0 unspecified atom stereocenters. The van der Waals surface area contributed by atoms with Crippen LogP contribution in [0.2, 0.25) is 0 Å². The molecule has 0 bridgehead atoms. The Kier molecular flexibility index (Phi) is 2.83. The van der Waals surface area contributed by atoms with E-state index >= 15 is 0 Å². The molecule has 1 aromatic rings. The molecule has 4 nitrogen and oxygen atoms in total. The molecule has 1 rings (SSSR count). The number of nitrogens with zero attached hydrogens (tertiary/aromatic N) is 1. The average molecular weight is 220 g/mol. The molecule has 0 saturated carbocycles. The van der Waals surface area contributed by atoms with Crippen LogP contribution < -0.4 is 11.3 Å². The number of pyridine rings is 1. The molecule has 1 heterocycles. The molecule has 0 fully saturated rings. The lowest BCUT2D eigenvalue weighted by Crippen LogP contribution is -2.28. The molecule has 0 atom stereocenters. The maximum absolute atomic E-state index is 12.1. The Morgan fingerprint density at radius 1 is 1.47 bits per heavy atom. The molecule has 82 valence electrons. The van der Waals surface area contributed by atoms with Crippen molar-refractivity contribution in [3.05, 3.63) is 34.2 Å². The molecule has 0 aliphatic rings. The molecule has 0 radical (unpaired) electrons. The van der Waals surface area contributed by atoms with Crippen molar-refractivity contribution in [1.82, 2.24) is 4.57 Å². The molecule has 0 spiro atoms. The molecule has 2 N–H and O–H groups in total. The van der Waals surface area contributed by atoms with Gasteiger partial charge in [0.15, 0.2) is 0 Å². The molecule has 0 aromatic carbocycles. The second kappa shape index (κ2) is 3.76. The van der Waals surface area contributed by atoms with Crippen LogP contribution in [0.4, 0.5) is 13.2 Å². The normalized spacial score (nSPS) is 11.4. The largest absolute Gasteiger partial charge is 0.416 e. The Morgan fingerprint density at radius 3 is 2.47 bits per heavy atom. The molecule has 15 heavy (non-hydrogen) atoms. The van der Waals surface area contributed by atoms with Crippen LogP contribution in [-0.2, 0) is 17.5 Å². The lowest BCUT2D eigenvalue weighted by Gasteiger charge is -2.07. The van der Waals surface area contributed by atoms with Gasteiger partial charge in [-0.25, -0.2) is 0 Å². The summed E-state index contributed by atoms with van der Waals surface area (Å²) in [6, 6.07) is 1.13. The smallest absolute Gasteiger partial charge is 0.368 e. The van der Waals surface area contributed by atoms with E-state index in [2.05, 4.69) is 0 Å². The van der Waals surface area contributed by atoms with Gasteiger partial charge in [-0.05, 0) is 6.07 Å². The first-order valence-electron chi connectivity index (χ1n) is 3.86. The predicted molar refractivity (Wildman–Crippen MR) is 44.9 cm³/mol. The summed E-state index contributed by atoms with van der Waals surface area (Å²) in [6.07, 6.45) is -3.68. The van der Waals surface area contributed by atoms with Crippen molar-refractivity contribution in [2.75, 3.05) is 0 Å². The van der Waals surface area contributed by atoms with Gasteiger partial charge in [-0.15, -0.1) is 0 Å². The van der Waals surface area contributed by atoms with Gasteiger partial charge in [-0.3, -0.25) is 9.59 Å². The number of hydrogen-bond acceptors (Lipinski definition) is 2. The van der Waals surface area contributed by atoms with Crippen LogP contribution in [-0.4, -0.2) is 10.5 Å². The van der Waals surface area contributed by atoms with Gasteiger partial charge in [0, 0.05) is 12.3 Å². The highest BCUT2D eigenvalue weighted by atomic mass is 19.4. The van der Waals surface area contributed by atoms with Crippen molar-refractivity contribution in [3.8, 4) is 0 Å². The quantitative estimate of drug-likeness (QED) is 0.781. The number of hydrogen-bond donors (Lipinski definition) is 1. The van der Waals surface area contributed by atoms with E-state index in [0.717, 1.165) is 10.8 Å². The minimum atomic E-state index is -4.56. The van der Waals surface area contributed by atoms with Crippen LogP contribution >= 0.6 is 0 Å². The Bertz CT molecular complexity index is 436. The lowest BCUT2D eigenvalue weighted by molar-refractivity contribution is -0.137. The Balaban J connectivity index is 3.09. The van der Waals surface area contributed by atoms with E-state index in [1.807, 2.05) is 0 Å². The number of halogens is 3. The summed E-state index contributed by atoms with van der Waals surface area (Å²) in [7, 11) is 0. The standard InChI is InChI=1S/C8H7F3N2O2/c9-8(10,11)5-1-2-13(4-6(12)14)7(15)3-5/h1-3H,4H2,(H2,12,14). The third-order valence-electron chi connectivity index (χ3n) is 1.65. The number of amides is 1. The predicted octanol–water partition coefficient (Wildman–Crippen LogP) is 0.352. The van der Waals surface area contributed by atoms with E-state index < -0.39 is 29.8 Å². The van der Waals surface area contributed by atoms with Gasteiger partial charge in [0.25, 0.3) is 5.56 Å². The van der Waals surface area contributed by atoms with Crippen molar-refractivity contribution >= 4 is 5.91 Å². The highest BCUT2D eigenvalue weighted by Gasteiger charge is 2.30. The van der Waals surface area contributed by atoms with Crippen molar-refractivity contribution in [2.45, 2.75) is 12.7 Å². The van der Waals surface area contributed by atoms with Crippen LogP contribution in [0.1, 0.15) is 5.56 Å². The van der Waals surface area contributed by atoms with Gasteiger partial charge in [0.05, 0.1) is 5.56 Å². The van der Waals surface area contributed by atoms with Gasteiger partial charge in [0.2, 0.25) is 5.91 Å². The van der Waals surface area contributed by atoms with Gasteiger partial charge >= 0.3 is 6.18 Å². The number of carbonyl (C=O) groups is 1. The van der Waals surface area contributed by atoms with Crippen LogP contribution in [0.5, 0.6) is 0 Å². The lowest BCUT2D eigenvalue weighted by atomic mass is 10.2. The number of carbonyl (C=O) groups excluding carboxylic acids is 1. The molecule has 7 heteroatoms. The van der Waals surface area contributed by atoms with Crippen molar-refractivity contribution in [1.29, 1.82) is 0 Å². The zero-order valence-electron chi connectivity index (χ0n) is 7.41. The van der Waals surface area contributed by atoms with E-state index in [9.17, 15) is 22.8 Å². The summed E-state index contributed by atoms with van der Waals surface area (Å²) in [5.74, 6) is -0.795. The van der Waals surface area contributed by atoms with Crippen molar-refractivity contribution in [3.63, 3.8) is 0 Å². The summed E-state index contributed by atoms with van der Waals surface area (Å²) >= 11 is 0. The van der Waals surface area contributed by atoms with Gasteiger partial charge in [-0.2, -0.15) is 13.2 Å². The SMILES string of the molecule is NC(=O)Cn1ccc(C(F)(F)F)cc1=O. The average Bonchev–Trinajstić information content (AvgIpc) is 2.05. The van der Waals surface area contributed by atoms with E-state index in [-0.39, 0.29) is 0 Å². The highest BCUT2D eigenvalue weighted by Crippen LogP contribution is 2.27. The number of aromatic nitrogens is 1. The van der Waals surface area contributed by atoms with Crippen LogP contribution in [0.25, 0.3) is 0 Å². The molecule has 0 aliphatic carbocycles. The molecular weight excluding hydrogens is 213 g/mol. The number of nitrogens with two attached hydrogens (primary N) is 1. The van der Waals surface area contributed by atoms with E-state index in [1.165, 1.54) is 0 Å². The van der Waals surface area contributed by atoms with Crippen LogP contribution in [0, 0.1) is 0 Å². The van der Waals surface area contributed by atoms with Crippen molar-refractivity contribution < 1.29 is 18.0 Å². The van der Waals surface area contributed by atoms with Crippen LogP contribution in [0.15, 0.2) is 23.1 Å². The Morgan fingerprint density at radius 2 is 2.07 bits per heavy atom. The van der Waals surface area contributed by atoms with Gasteiger partial charge in [-0.1, -0.05) is 0 Å². The highest BCUT2D eigenvalue weighted by molar-refractivity contribution is 5.73. The fourth-order valence-corrected chi connectivity index (χ4v) is 0.983. The number of rotatable bonds is 2. The second-order valence-corrected chi connectivity index (χ2v) is 2.85. The summed E-state index contributed by atoms with van der Waals surface area (Å²) in [5, 5.41) is 0. The first-order valence-corrected chi connectivity index (χ1v) is 3.86. The van der Waals surface area contributed by atoms with E-state index in [0.29, 0.717) is 12.1 Å². The first kappa shape index (κ1) is 11.3. The number of primary amides is 1. The summed E-state index contributed by atoms with van der Waals surface area (Å²) in [4.78, 5) is 21.5. The molecule has 0 aliphatic heterocycles. The molecular formula is C8H7F3N2O2. The first-order chi connectivity index (χ1) is 6.80. The van der Waals surface area contributed by atoms with E-state index in [1.54, 1.807) is 0 Å². The number of alkyl halides is 3. The zero-order valence-corrected chi connectivity index (χ0v) is 7.41. The molecule has 1 aromatic heterocycles. The summed E-state index contributed by atoms with van der Waals surface area (Å²) in [6.45, 7) is -0.434. The van der Waals surface area contributed by atoms with Crippen LogP contribution in [0.3, 0.4) is 0 Å².